The lowest BCUT2D eigenvalue weighted by molar-refractivity contribution is -0.166. The largest absolute Gasteiger partial charge is 0.481 e. The normalized spacial score (nSPS) is 20.6. The fourth-order valence-electron chi connectivity index (χ4n) is 5.29. The van der Waals surface area contributed by atoms with Gasteiger partial charge in [0.05, 0.1) is 11.8 Å². The molecule has 0 aliphatic heterocycles. The summed E-state index contributed by atoms with van der Waals surface area (Å²) in [6.07, 6.45) is 21.4. The van der Waals surface area contributed by atoms with Crippen LogP contribution in [0, 0.1) is 17.8 Å². The van der Waals surface area contributed by atoms with E-state index in [-0.39, 0.29) is 12.1 Å². The van der Waals surface area contributed by atoms with Gasteiger partial charge in [0.25, 0.3) is 0 Å². The molecular weight excluding hydrogens is 400 g/mol. The molecule has 4 unspecified atom stereocenters. The summed E-state index contributed by atoms with van der Waals surface area (Å²) in [5, 5.41) is 9.56. The summed E-state index contributed by atoms with van der Waals surface area (Å²) in [5.41, 5.74) is 0. The second-order valence-electron chi connectivity index (χ2n) is 10.1. The highest BCUT2D eigenvalue weighted by molar-refractivity contribution is 5.81. The molecule has 0 heterocycles. The van der Waals surface area contributed by atoms with Gasteiger partial charge in [-0.05, 0) is 44.4 Å². The predicted molar refractivity (Wildman–Crippen MR) is 133 cm³/mol. The van der Waals surface area contributed by atoms with Crippen LogP contribution in [-0.4, -0.2) is 23.1 Å². The van der Waals surface area contributed by atoms with Crippen molar-refractivity contribution in [2.24, 2.45) is 17.8 Å². The topological polar surface area (TPSA) is 63.6 Å². The third-order valence-corrected chi connectivity index (χ3v) is 7.47. The molecule has 4 heteroatoms. The van der Waals surface area contributed by atoms with E-state index in [1.54, 1.807) is 0 Å². The van der Waals surface area contributed by atoms with Crippen LogP contribution in [0.25, 0.3) is 0 Å². The van der Waals surface area contributed by atoms with Gasteiger partial charge in [-0.25, -0.2) is 0 Å². The minimum Gasteiger partial charge on any atom is -0.481 e. The van der Waals surface area contributed by atoms with Crippen molar-refractivity contribution < 1.29 is 19.4 Å². The van der Waals surface area contributed by atoms with Gasteiger partial charge in [-0.2, -0.15) is 0 Å². The van der Waals surface area contributed by atoms with Crippen LogP contribution >= 0.6 is 0 Å². The van der Waals surface area contributed by atoms with Crippen LogP contribution in [0.2, 0.25) is 0 Å². The number of ether oxygens (including phenoxy) is 1. The Morgan fingerprint density at radius 1 is 0.750 bits per heavy atom. The molecule has 4 atom stereocenters. The standard InChI is InChI=1S/C28H52O4/c1-4-7-9-10-11-12-13-14-15-16-22-26(23(6-3)19-8-5-2)32-28(31)25-21-18-17-20-24(25)27(29)30/h23-26H,4-22H2,1-3H3,(H,29,30). The monoisotopic (exact) mass is 452 g/mol. The molecule has 4 nitrogen and oxygen atoms in total. The minimum absolute atomic E-state index is 0.0514. The number of hydrogen-bond acceptors (Lipinski definition) is 3. The van der Waals surface area contributed by atoms with Crippen LogP contribution in [0.1, 0.15) is 143 Å². The van der Waals surface area contributed by atoms with Crippen LogP contribution in [0.4, 0.5) is 0 Å². The highest BCUT2D eigenvalue weighted by Gasteiger charge is 2.38. The first-order valence-corrected chi connectivity index (χ1v) is 14.0. The lowest BCUT2D eigenvalue weighted by atomic mass is 9.79. The van der Waals surface area contributed by atoms with E-state index in [0.29, 0.717) is 18.8 Å². The quantitative estimate of drug-likeness (QED) is 0.158. The number of esters is 1. The molecule has 1 saturated carbocycles. The first-order valence-electron chi connectivity index (χ1n) is 14.0. The molecule has 0 radical (unpaired) electrons. The third kappa shape index (κ3) is 11.7. The Balaban J connectivity index is 2.50. The first-order chi connectivity index (χ1) is 15.5. The molecule has 0 amide bonds. The molecule has 1 aliphatic rings. The van der Waals surface area contributed by atoms with E-state index in [0.717, 1.165) is 51.4 Å². The molecule has 1 N–H and O–H groups in total. The lowest BCUT2D eigenvalue weighted by Gasteiger charge is -2.31. The number of carboxylic acid groups (broad SMARTS) is 1. The third-order valence-electron chi connectivity index (χ3n) is 7.47. The zero-order valence-corrected chi connectivity index (χ0v) is 21.4. The van der Waals surface area contributed by atoms with E-state index in [9.17, 15) is 14.7 Å². The van der Waals surface area contributed by atoms with Crippen LogP contribution in [0.15, 0.2) is 0 Å². The van der Waals surface area contributed by atoms with Gasteiger partial charge in [0, 0.05) is 0 Å². The number of carbonyl (C=O) groups is 2. The Hall–Kier alpha value is -1.06. The van der Waals surface area contributed by atoms with E-state index in [1.165, 1.54) is 57.8 Å². The fraction of sp³-hybridized carbons (Fsp3) is 0.929. The number of unbranched alkanes of at least 4 members (excludes halogenated alkanes) is 10. The van der Waals surface area contributed by atoms with Crippen molar-refractivity contribution in [3.63, 3.8) is 0 Å². The minimum atomic E-state index is -0.837. The van der Waals surface area contributed by atoms with Crippen LogP contribution in [0.3, 0.4) is 0 Å². The number of aliphatic carboxylic acids is 1. The van der Waals surface area contributed by atoms with Gasteiger partial charge in [0.2, 0.25) is 0 Å². The lowest BCUT2D eigenvalue weighted by Crippen LogP contribution is -2.37. The highest BCUT2D eigenvalue weighted by Crippen LogP contribution is 2.33. The molecule has 0 aromatic heterocycles. The zero-order chi connectivity index (χ0) is 23.6. The van der Waals surface area contributed by atoms with Crippen molar-refractivity contribution in [3.05, 3.63) is 0 Å². The Morgan fingerprint density at radius 3 is 1.81 bits per heavy atom. The summed E-state index contributed by atoms with van der Waals surface area (Å²) in [5.74, 6) is -1.71. The van der Waals surface area contributed by atoms with E-state index in [2.05, 4.69) is 20.8 Å². The van der Waals surface area contributed by atoms with Gasteiger partial charge in [0.1, 0.15) is 6.10 Å². The Morgan fingerprint density at radius 2 is 1.28 bits per heavy atom. The predicted octanol–water partition coefficient (Wildman–Crippen LogP) is 8.32. The van der Waals surface area contributed by atoms with Crippen molar-refractivity contribution in [1.82, 2.24) is 0 Å². The van der Waals surface area contributed by atoms with Crippen molar-refractivity contribution >= 4 is 11.9 Å². The fourth-order valence-corrected chi connectivity index (χ4v) is 5.29. The van der Waals surface area contributed by atoms with Crippen LogP contribution in [0.5, 0.6) is 0 Å². The summed E-state index contributed by atoms with van der Waals surface area (Å²) in [6.45, 7) is 6.66. The summed E-state index contributed by atoms with van der Waals surface area (Å²) < 4.78 is 6.10. The molecule has 32 heavy (non-hydrogen) atoms. The average Bonchev–Trinajstić information content (AvgIpc) is 2.80. The highest BCUT2D eigenvalue weighted by atomic mass is 16.5. The summed E-state index contributed by atoms with van der Waals surface area (Å²) in [4.78, 5) is 24.7. The van der Waals surface area contributed by atoms with E-state index in [1.807, 2.05) is 0 Å². The maximum atomic E-state index is 13.0. The second-order valence-corrected chi connectivity index (χ2v) is 10.1. The van der Waals surface area contributed by atoms with Gasteiger partial charge < -0.3 is 9.84 Å². The Kier molecular flexibility index (Phi) is 16.6. The smallest absolute Gasteiger partial charge is 0.310 e. The number of hydrogen-bond donors (Lipinski definition) is 1. The summed E-state index contributed by atoms with van der Waals surface area (Å²) >= 11 is 0. The van der Waals surface area contributed by atoms with Crippen molar-refractivity contribution in [3.8, 4) is 0 Å². The molecule has 0 spiro atoms. The molecule has 0 saturated heterocycles. The maximum absolute atomic E-state index is 13.0. The Bertz CT molecular complexity index is 490. The molecule has 188 valence electrons. The van der Waals surface area contributed by atoms with Crippen molar-refractivity contribution in [2.45, 2.75) is 149 Å². The van der Waals surface area contributed by atoms with E-state index in [4.69, 9.17) is 4.74 Å². The van der Waals surface area contributed by atoms with Gasteiger partial charge in [0.15, 0.2) is 0 Å². The van der Waals surface area contributed by atoms with Crippen molar-refractivity contribution in [2.75, 3.05) is 0 Å². The molecule has 0 bridgehead atoms. The number of carboxylic acids is 1. The van der Waals surface area contributed by atoms with Gasteiger partial charge >= 0.3 is 11.9 Å². The molecule has 1 fully saturated rings. The SMILES string of the molecule is CCCCCCCCCCCCC(OC(=O)C1CCCCC1C(=O)O)C(CC)CCCC. The van der Waals surface area contributed by atoms with Gasteiger partial charge in [-0.3, -0.25) is 9.59 Å². The molecular formula is C28H52O4. The second kappa shape index (κ2) is 18.4. The molecule has 0 aromatic carbocycles. The number of carbonyl (C=O) groups excluding carboxylic acids is 1. The summed E-state index contributed by atoms with van der Waals surface area (Å²) in [6, 6.07) is 0. The molecule has 0 aromatic rings. The Labute approximate surface area is 198 Å². The van der Waals surface area contributed by atoms with Gasteiger partial charge in [-0.1, -0.05) is 104 Å². The molecule has 1 aliphatic carbocycles. The van der Waals surface area contributed by atoms with E-state index >= 15 is 0 Å². The maximum Gasteiger partial charge on any atom is 0.310 e. The zero-order valence-electron chi connectivity index (χ0n) is 21.4. The molecule has 1 rings (SSSR count). The van der Waals surface area contributed by atoms with Gasteiger partial charge in [-0.15, -0.1) is 0 Å². The first kappa shape index (κ1) is 29.0. The van der Waals surface area contributed by atoms with Crippen LogP contribution in [-0.2, 0) is 14.3 Å². The summed E-state index contributed by atoms with van der Waals surface area (Å²) in [7, 11) is 0. The average molecular weight is 453 g/mol. The van der Waals surface area contributed by atoms with Crippen molar-refractivity contribution in [1.29, 1.82) is 0 Å². The number of rotatable bonds is 19. The van der Waals surface area contributed by atoms with E-state index < -0.39 is 17.8 Å². The van der Waals surface area contributed by atoms with Crippen LogP contribution < -0.4 is 0 Å².